The van der Waals surface area contributed by atoms with E-state index < -0.39 is 5.97 Å². The number of rotatable bonds is 3. The maximum absolute atomic E-state index is 10.6. The molecule has 2 atom stereocenters. The van der Waals surface area contributed by atoms with Crippen LogP contribution in [0, 0.1) is 17.3 Å². The van der Waals surface area contributed by atoms with Crippen molar-refractivity contribution in [1.82, 2.24) is 0 Å². The molecule has 0 heterocycles. The van der Waals surface area contributed by atoms with E-state index in [0.29, 0.717) is 17.8 Å². The minimum Gasteiger partial charge on any atom is -0.481 e. The molecule has 1 N–H and O–H groups in total. The Morgan fingerprint density at radius 3 is 2.62 bits per heavy atom. The average Bonchev–Trinajstić information content (AvgIpc) is 2.54. The molecule has 2 saturated carbocycles. The van der Waals surface area contributed by atoms with E-state index in [0.717, 1.165) is 12.3 Å². The second-order valence-corrected chi connectivity index (χ2v) is 4.99. The number of carbonyl (C=O) groups is 1. The smallest absolute Gasteiger partial charge is 0.303 e. The van der Waals surface area contributed by atoms with Crippen LogP contribution in [-0.4, -0.2) is 11.1 Å². The summed E-state index contributed by atoms with van der Waals surface area (Å²) >= 11 is 0. The van der Waals surface area contributed by atoms with Gasteiger partial charge in [-0.3, -0.25) is 4.79 Å². The molecule has 0 aliphatic heterocycles. The van der Waals surface area contributed by atoms with Crippen molar-refractivity contribution in [3.8, 4) is 0 Å². The van der Waals surface area contributed by atoms with Crippen molar-refractivity contribution < 1.29 is 9.90 Å². The van der Waals surface area contributed by atoms with Crippen LogP contribution in [0.3, 0.4) is 0 Å². The summed E-state index contributed by atoms with van der Waals surface area (Å²) in [6.45, 7) is 2.29. The van der Waals surface area contributed by atoms with Gasteiger partial charge in [-0.15, -0.1) is 0 Å². The third kappa shape index (κ3) is 1.59. The highest BCUT2D eigenvalue weighted by Gasteiger charge is 2.55. The Kier molecular flexibility index (Phi) is 2.09. The highest BCUT2D eigenvalue weighted by Crippen LogP contribution is 2.62. The Morgan fingerprint density at radius 1 is 1.46 bits per heavy atom. The van der Waals surface area contributed by atoms with E-state index in [2.05, 4.69) is 6.92 Å². The molecule has 0 aromatic rings. The summed E-state index contributed by atoms with van der Waals surface area (Å²) in [6.07, 6.45) is 6.95. The molecule has 13 heavy (non-hydrogen) atoms. The summed E-state index contributed by atoms with van der Waals surface area (Å²) in [5.41, 5.74) is 0.398. The zero-order valence-electron chi connectivity index (χ0n) is 8.25. The van der Waals surface area contributed by atoms with Gasteiger partial charge in [0.1, 0.15) is 0 Å². The molecule has 2 nitrogen and oxygen atoms in total. The lowest BCUT2D eigenvalue weighted by molar-refractivity contribution is -0.137. The lowest BCUT2D eigenvalue weighted by atomic mass is 9.86. The van der Waals surface area contributed by atoms with Gasteiger partial charge in [0.25, 0.3) is 0 Å². The first-order valence-electron chi connectivity index (χ1n) is 5.35. The fourth-order valence-corrected chi connectivity index (χ4v) is 3.07. The van der Waals surface area contributed by atoms with Crippen LogP contribution in [-0.2, 0) is 4.79 Å². The first-order valence-corrected chi connectivity index (χ1v) is 5.35. The predicted molar refractivity (Wildman–Crippen MR) is 50.4 cm³/mol. The Hall–Kier alpha value is -0.530. The van der Waals surface area contributed by atoms with Crippen LogP contribution < -0.4 is 0 Å². The van der Waals surface area contributed by atoms with Crippen LogP contribution in [0.5, 0.6) is 0 Å². The SMILES string of the molecule is CC1(C2CCCC2)CC1CC(=O)O. The summed E-state index contributed by atoms with van der Waals surface area (Å²) < 4.78 is 0. The van der Waals surface area contributed by atoms with Gasteiger partial charge < -0.3 is 5.11 Å². The Labute approximate surface area is 79.3 Å². The minimum absolute atomic E-state index is 0.396. The summed E-state index contributed by atoms with van der Waals surface area (Å²) in [7, 11) is 0. The number of carboxylic acid groups (broad SMARTS) is 1. The van der Waals surface area contributed by atoms with E-state index in [4.69, 9.17) is 5.11 Å². The molecule has 2 rings (SSSR count). The average molecular weight is 182 g/mol. The van der Waals surface area contributed by atoms with E-state index in [1.165, 1.54) is 25.7 Å². The number of hydrogen-bond acceptors (Lipinski definition) is 1. The number of carboxylic acids is 1. The standard InChI is InChI=1S/C11H18O2/c1-11(8-4-2-3-5-8)7-9(11)6-10(12)13/h8-9H,2-7H2,1H3,(H,12,13). The fraction of sp³-hybridized carbons (Fsp3) is 0.909. The van der Waals surface area contributed by atoms with Gasteiger partial charge in [0.2, 0.25) is 0 Å². The summed E-state index contributed by atoms with van der Waals surface area (Å²) in [4.78, 5) is 10.6. The molecule has 0 spiro atoms. The Morgan fingerprint density at radius 2 is 2.08 bits per heavy atom. The van der Waals surface area contributed by atoms with E-state index >= 15 is 0 Å². The van der Waals surface area contributed by atoms with Crippen molar-refractivity contribution >= 4 is 5.97 Å². The molecule has 2 aliphatic carbocycles. The largest absolute Gasteiger partial charge is 0.481 e. The van der Waals surface area contributed by atoms with Crippen molar-refractivity contribution in [1.29, 1.82) is 0 Å². The minimum atomic E-state index is -0.619. The molecule has 74 valence electrons. The van der Waals surface area contributed by atoms with Gasteiger partial charge in [0.05, 0.1) is 0 Å². The van der Waals surface area contributed by atoms with Crippen molar-refractivity contribution in [3.05, 3.63) is 0 Å². The zero-order valence-corrected chi connectivity index (χ0v) is 8.25. The second kappa shape index (κ2) is 3.00. The van der Waals surface area contributed by atoms with E-state index in [1.807, 2.05) is 0 Å². The van der Waals surface area contributed by atoms with Gasteiger partial charge in [0.15, 0.2) is 0 Å². The highest BCUT2D eigenvalue weighted by atomic mass is 16.4. The Bertz CT molecular complexity index is 218. The first-order chi connectivity index (χ1) is 6.13. The van der Waals surface area contributed by atoms with Gasteiger partial charge in [-0.05, 0) is 36.5 Å². The molecule has 0 amide bonds. The molecule has 0 aromatic heterocycles. The fourth-order valence-electron chi connectivity index (χ4n) is 3.07. The Balaban J connectivity index is 1.89. The predicted octanol–water partition coefficient (Wildman–Crippen LogP) is 2.68. The van der Waals surface area contributed by atoms with E-state index in [-0.39, 0.29) is 0 Å². The van der Waals surface area contributed by atoms with Crippen LogP contribution in [0.15, 0.2) is 0 Å². The topological polar surface area (TPSA) is 37.3 Å². The quantitative estimate of drug-likeness (QED) is 0.728. The third-order valence-corrected chi connectivity index (χ3v) is 4.17. The maximum Gasteiger partial charge on any atom is 0.303 e. The summed E-state index contributed by atoms with van der Waals surface area (Å²) in [5, 5.41) is 8.70. The van der Waals surface area contributed by atoms with Crippen LogP contribution in [0.25, 0.3) is 0 Å². The number of hydrogen-bond donors (Lipinski definition) is 1. The van der Waals surface area contributed by atoms with Gasteiger partial charge in [-0.1, -0.05) is 19.8 Å². The van der Waals surface area contributed by atoms with Gasteiger partial charge in [0, 0.05) is 6.42 Å². The molecule has 0 radical (unpaired) electrons. The van der Waals surface area contributed by atoms with Gasteiger partial charge in [-0.2, -0.15) is 0 Å². The van der Waals surface area contributed by atoms with Gasteiger partial charge >= 0.3 is 5.97 Å². The maximum atomic E-state index is 10.6. The lowest BCUT2D eigenvalue weighted by Gasteiger charge is -2.18. The summed E-state index contributed by atoms with van der Waals surface area (Å²) in [5.74, 6) is 0.691. The van der Waals surface area contributed by atoms with Crippen LogP contribution in [0.1, 0.15) is 45.4 Å². The van der Waals surface area contributed by atoms with Crippen LogP contribution in [0.2, 0.25) is 0 Å². The first kappa shape index (κ1) is 9.04. The van der Waals surface area contributed by atoms with Crippen molar-refractivity contribution in [3.63, 3.8) is 0 Å². The molecule has 2 heteroatoms. The monoisotopic (exact) mass is 182 g/mol. The van der Waals surface area contributed by atoms with Crippen molar-refractivity contribution in [2.75, 3.05) is 0 Å². The van der Waals surface area contributed by atoms with Crippen molar-refractivity contribution in [2.45, 2.75) is 45.4 Å². The second-order valence-electron chi connectivity index (χ2n) is 4.99. The highest BCUT2D eigenvalue weighted by molar-refractivity contribution is 5.67. The molecule has 2 fully saturated rings. The van der Waals surface area contributed by atoms with Crippen LogP contribution in [0.4, 0.5) is 0 Å². The molecular formula is C11H18O2. The lowest BCUT2D eigenvalue weighted by Crippen LogP contribution is -2.12. The molecule has 2 unspecified atom stereocenters. The molecule has 0 bridgehead atoms. The van der Waals surface area contributed by atoms with Crippen LogP contribution >= 0.6 is 0 Å². The molecule has 0 aromatic carbocycles. The zero-order chi connectivity index (χ0) is 9.47. The van der Waals surface area contributed by atoms with Gasteiger partial charge in [-0.25, -0.2) is 0 Å². The normalized spacial score (nSPS) is 39.3. The van der Waals surface area contributed by atoms with E-state index in [9.17, 15) is 4.79 Å². The molecule has 2 aliphatic rings. The summed E-state index contributed by atoms with van der Waals surface area (Å²) in [6, 6.07) is 0. The third-order valence-electron chi connectivity index (χ3n) is 4.17. The van der Waals surface area contributed by atoms with Crippen molar-refractivity contribution in [2.24, 2.45) is 17.3 Å². The molecule has 0 saturated heterocycles. The number of aliphatic carboxylic acids is 1. The molecular weight excluding hydrogens is 164 g/mol. The van der Waals surface area contributed by atoms with E-state index in [1.54, 1.807) is 0 Å².